The van der Waals surface area contributed by atoms with Gasteiger partial charge in [0, 0.05) is 32.7 Å². The van der Waals surface area contributed by atoms with Crippen LogP contribution in [0.4, 0.5) is 0 Å². The van der Waals surface area contributed by atoms with Gasteiger partial charge in [-0.3, -0.25) is 13.7 Å². The molecule has 0 saturated carbocycles. The van der Waals surface area contributed by atoms with E-state index in [2.05, 4.69) is 111 Å². The lowest BCUT2D eigenvalue weighted by Crippen LogP contribution is -2.31. The summed E-state index contributed by atoms with van der Waals surface area (Å²) in [5, 5.41) is 1.81. The number of hydrogen-bond acceptors (Lipinski definition) is 2. The van der Waals surface area contributed by atoms with Crippen LogP contribution < -0.4 is 9.30 Å². The summed E-state index contributed by atoms with van der Waals surface area (Å²) in [6.07, 6.45) is 5.21. The van der Waals surface area contributed by atoms with Crippen molar-refractivity contribution in [1.82, 2.24) is 14.1 Å². The molecule has 0 amide bonds. The Labute approximate surface area is 478 Å². The van der Waals surface area contributed by atoms with Crippen LogP contribution in [0.5, 0.6) is 11.5 Å². The Balaban J connectivity index is 1.04. The number of hydrogen-bond donors (Lipinski definition) is 0. The van der Waals surface area contributed by atoms with E-state index in [0.717, 1.165) is 55.2 Å². The Morgan fingerprint density at radius 1 is 0.487 bits per heavy atom. The van der Waals surface area contributed by atoms with Gasteiger partial charge in [-0.05, 0) is 133 Å². The highest BCUT2D eigenvalue weighted by molar-refractivity contribution is 6.09. The molecule has 0 atom stereocenters. The topological polar surface area (TPSA) is 35.9 Å². The number of nitrogens with zero attached hydrogens (tertiary/aromatic N) is 4. The molecule has 5 heteroatoms. The standard InChI is InChI=1S/C73H66N4O/c1-48-39-69(74-46-64(48)53-40-55(72(5,6)7)43-56(41-53)73(8,9)10)77-65-30-18-17-27-62(65)63-37-36-59(45-67(63)77)78-58-26-19-25-57(44-58)75-47-76(66-38-33-52(42-68(66)75)49-31-34-54(35-32-49)71(2,3)4)70-60(50-21-13-11-14-22-50)28-20-29-61(70)51-23-15-12-16-24-51/h11-46H,1-10H3/i1D3,11D,12D,13D,14D,15D,16D,21D,22D,23D,24D. The summed E-state index contributed by atoms with van der Waals surface area (Å²) >= 11 is 0. The van der Waals surface area contributed by atoms with Gasteiger partial charge in [0.05, 0.1) is 47.1 Å². The molecule has 0 spiro atoms. The third-order valence-electron chi connectivity index (χ3n) is 14.6. The van der Waals surface area contributed by atoms with Crippen molar-refractivity contribution in [3.05, 3.63) is 247 Å². The van der Waals surface area contributed by atoms with Crippen LogP contribution in [-0.2, 0) is 16.2 Å². The van der Waals surface area contributed by atoms with E-state index in [9.17, 15) is 5.48 Å². The smallest absolute Gasteiger partial charge is 0.269 e. The number of aryl methyl sites for hydroxylation is 1. The maximum Gasteiger partial charge on any atom is 0.269 e. The Kier molecular flexibility index (Phi) is 9.19. The van der Waals surface area contributed by atoms with Crippen molar-refractivity contribution in [1.29, 1.82) is 0 Å². The normalized spacial score (nSPS) is 14.8. The molecule has 0 N–H and O–H groups in total. The first-order valence-corrected chi connectivity index (χ1v) is 26.2. The van der Waals surface area contributed by atoms with Crippen molar-refractivity contribution in [2.75, 3.05) is 0 Å². The predicted octanol–water partition coefficient (Wildman–Crippen LogP) is 18.9. The molecule has 3 heterocycles. The van der Waals surface area contributed by atoms with Crippen LogP contribution in [0.2, 0.25) is 0 Å². The van der Waals surface area contributed by atoms with Crippen LogP contribution in [0.15, 0.2) is 218 Å². The number of pyridine rings is 1. The first kappa shape index (κ1) is 37.1. The average molecular weight is 1030 g/mol. The van der Waals surface area contributed by atoms with E-state index < -0.39 is 67.3 Å². The van der Waals surface area contributed by atoms with Gasteiger partial charge in [0.25, 0.3) is 6.33 Å². The zero-order valence-corrected chi connectivity index (χ0v) is 45.2. The van der Waals surface area contributed by atoms with Crippen LogP contribution in [0.1, 0.15) is 102 Å². The summed E-state index contributed by atoms with van der Waals surface area (Å²) < 4.78 is 128. The molecule has 0 fully saturated rings. The minimum atomic E-state index is -2.51. The largest absolute Gasteiger partial charge is 0.458 e. The van der Waals surface area contributed by atoms with E-state index in [1.165, 1.54) is 0 Å². The van der Waals surface area contributed by atoms with Gasteiger partial charge in [0.2, 0.25) is 0 Å². The second-order valence-electron chi connectivity index (χ2n) is 23.0. The van der Waals surface area contributed by atoms with E-state index in [0.29, 0.717) is 39.6 Å². The van der Waals surface area contributed by atoms with Gasteiger partial charge in [0.1, 0.15) is 17.3 Å². The molecule has 0 aliphatic rings. The monoisotopic (exact) mass is 1030 g/mol. The maximum absolute atomic E-state index is 9.23. The average Bonchev–Trinajstić information content (AvgIpc) is 1.72. The van der Waals surface area contributed by atoms with Crippen molar-refractivity contribution < 1.29 is 27.1 Å². The van der Waals surface area contributed by atoms with Gasteiger partial charge in [-0.15, -0.1) is 0 Å². The van der Waals surface area contributed by atoms with Crippen LogP contribution in [0.25, 0.3) is 94.5 Å². The van der Waals surface area contributed by atoms with Crippen molar-refractivity contribution in [3.63, 3.8) is 0 Å². The maximum atomic E-state index is 9.23. The first-order chi connectivity index (χ1) is 42.8. The molecule has 3 aromatic heterocycles. The van der Waals surface area contributed by atoms with Crippen molar-refractivity contribution >= 4 is 32.8 Å². The molecule has 0 unspecified atom stereocenters. The zero-order chi connectivity index (χ0) is 65.3. The summed E-state index contributed by atoms with van der Waals surface area (Å²) in [5.41, 5.74) is 9.28. The minimum absolute atomic E-state index is 0.104. The quantitative estimate of drug-likeness (QED) is 0.107. The lowest BCUT2D eigenvalue weighted by Gasteiger charge is -2.26. The van der Waals surface area contributed by atoms with Gasteiger partial charge in [-0.25, -0.2) is 4.98 Å². The Bertz CT molecular complexity index is 4790. The second kappa shape index (κ2) is 19.3. The molecule has 0 radical (unpaired) electrons. The fraction of sp³-hybridized carbons (Fsp3) is 0.178. The van der Waals surface area contributed by atoms with Crippen molar-refractivity contribution in [3.8, 4) is 73.2 Å². The SMILES string of the molecule is [2H]c1c([2H])c([2H])c(-c2cccc(-c3c([2H])c([2H])c([2H])c([2H])c3[2H])c2-[n+]2[c-]n(-c3cccc(Oc4ccc5c6ccccc6n(-c6cc(C([2H])([2H])[2H])c(-c7cc(C(C)(C)C)cc(C(C)(C)C)c7)cn6)c5c4)c3)c3cc(-c4ccc(C(C)(C)C)cc4)ccc32)c([2H])c1[2H]. The molecule has 12 aromatic rings. The Hall–Kier alpha value is -8.80. The molecule has 0 aliphatic carbocycles. The van der Waals surface area contributed by atoms with E-state index in [1.807, 2.05) is 94.1 Å². The van der Waals surface area contributed by atoms with Crippen LogP contribution >= 0.6 is 0 Å². The van der Waals surface area contributed by atoms with E-state index in [-0.39, 0.29) is 49.7 Å². The van der Waals surface area contributed by atoms with Crippen molar-refractivity contribution in [2.45, 2.75) is 85.4 Å². The van der Waals surface area contributed by atoms with Crippen molar-refractivity contribution in [2.24, 2.45) is 0 Å². The highest BCUT2D eigenvalue weighted by atomic mass is 16.5. The van der Waals surface area contributed by atoms with Gasteiger partial charge < -0.3 is 4.74 Å². The van der Waals surface area contributed by atoms with Gasteiger partial charge in [-0.2, -0.15) is 0 Å². The Morgan fingerprint density at radius 3 is 1.76 bits per heavy atom. The highest BCUT2D eigenvalue weighted by Gasteiger charge is 2.24. The van der Waals surface area contributed by atoms with Gasteiger partial charge >= 0.3 is 0 Å². The third-order valence-corrected chi connectivity index (χ3v) is 14.6. The summed E-state index contributed by atoms with van der Waals surface area (Å²) in [6.45, 7) is 16.9. The summed E-state index contributed by atoms with van der Waals surface area (Å²) in [4.78, 5) is 5.06. The number of aromatic nitrogens is 4. The fourth-order valence-corrected chi connectivity index (χ4v) is 10.3. The third kappa shape index (κ3) is 9.38. The molecular weight excluding hydrogens is 949 g/mol. The van der Waals surface area contributed by atoms with E-state index >= 15 is 0 Å². The lowest BCUT2D eigenvalue weighted by atomic mass is 9.79. The van der Waals surface area contributed by atoms with Gasteiger partial charge in [-0.1, -0.05) is 220 Å². The van der Waals surface area contributed by atoms with E-state index in [1.54, 1.807) is 35.0 Å². The molecule has 5 nitrogen and oxygen atoms in total. The van der Waals surface area contributed by atoms with E-state index in [4.69, 9.17) is 22.1 Å². The molecule has 0 saturated heterocycles. The minimum Gasteiger partial charge on any atom is -0.458 e. The molecule has 78 heavy (non-hydrogen) atoms. The number of rotatable bonds is 9. The van der Waals surface area contributed by atoms with Crippen LogP contribution in [0.3, 0.4) is 0 Å². The molecular formula is C73H66N4O. The number of imidazole rings is 1. The second-order valence-corrected chi connectivity index (χ2v) is 23.0. The predicted molar refractivity (Wildman–Crippen MR) is 325 cm³/mol. The number of para-hydroxylation sites is 2. The number of ether oxygens (including phenoxy) is 1. The summed E-state index contributed by atoms with van der Waals surface area (Å²) in [5.74, 6) is 1.30. The van der Waals surface area contributed by atoms with Gasteiger partial charge in [0.15, 0.2) is 0 Å². The summed E-state index contributed by atoms with van der Waals surface area (Å²) in [6, 6.07) is 42.5. The number of benzene rings is 9. The zero-order valence-electron chi connectivity index (χ0n) is 58.2. The molecule has 0 aliphatic heterocycles. The first-order valence-electron chi connectivity index (χ1n) is 32.7. The number of fused-ring (bicyclic) bond motifs is 4. The summed E-state index contributed by atoms with van der Waals surface area (Å²) in [7, 11) is 0. The molecule has 12 rings (SSSR count). The molecule has 9 aromatic carbocycles. The molecule has 384 valence electrons. The fourth-order valence-electron chi connectivity index (χ4n) is 10.3. The lowest BCUT2D eigenvalue weighted by molar-refractivity contribution is -0.571. The van der Waals surface area contributed by atoms with Crippen LogP contribution in [0, 0.1) is 13.2 Å². The Morgan fingerprint density at radius 2 is 1.10 bits per heavy atom. The highest BCUT2D eigenvalue weighted by Crippen LogP contribution is 2.40. The van der Waals surface area contributed by atoms with Crippen LogP contribution in [-0.4, -0.2) is 14.1 Å². The molecule has 0 bridgehead atoms.